The van der Waals surface area contributed by atoms with Gasteiger partial charge in [-0.15, -0.1) is 0 Å². The molecule has 0 bridgehead atoms. The summed E-state index contributed by atoms with van der Waals surface area (Å²) in [5, 5.41) is 1.07. The van der Waals surface area contributed by atoms with Gasteiger partial charge in [0.15, 0.2) is 0 Å². The number of benzene rings is 2. The van der Waals surface area contributed by atoms with Crippen molar-refractivity contribution in [1.29, 1.82) is 0 Å². The number of nitrogens with zero attached hydrogens (tertiary/aromatic N) is 1. The second kappa shape index (κ2) is 6.79. The average molecular weight is 322 g/mol. The number of rotatable bonds is 5. The zero-order chi connectivity index (χ0) is 17.1. The zero-order valence-corrected chi connectivity index (χ0v) is 14.0. The second-order valence-electron chi connectivity index (χ2n) is 6.22. The van der Waals surface area contributed by atoms with Crippen LogP contribution in [-0.4, -0.2) is 11.2 Å². The molecule has 3 aromatic rings. The minimum Gasteiger partial charge on any atom is -0.492 e. The quantitative estimate of drug-likeness (QED) is 0.727. The molecule has 0 saturated heterocycles. The highest BCUT2D eigenvalue weighted by Crippen LogP contribution is 2.20. The van der Waals surface area contributed by atoms with Gasteiger partial charge in [0, 0.05) is 17.8 Å². The Morgan fingerprint density at radius 3 is 2.67 bits per heavy atom. The van der Waals surface area contributed by atoms with Crippen LogP contribution in [0.2, 0.25) is 0 Å². The molecule has 1 aromatic heterocycles. The summed E-state index contributed by atoms with van der Waals surface area (Å²) in [5.41, 5.74) is 8.59. The molecular formula is C20H22N2O2. The van der Waals surface area contributed by atoms with Gasteiger partial charge in [-0.2, -0.15) is 0 Å². The van der Waals surface area contributed by atoms with Crippen LogP contribution in [0, 0.1) is 0 Å². The summed E-state index contributed by atoms with van der Waals surface area (Å²) in [5.74, 6) is 1.17. The summed E-state index contributed by atoms with van der Waals surface area (Å²) < 4.78 is 7.47. The molecule has 2 aromatic carbocycles. The molecule has 2 N–H and O–H groups in total. The van der Waals surface area contributed by atoms with E-state index in [1.54, 1.807) is 16.7 Å². The molecule has 0 aliphatic rings. The van der Waals surface area contributed by atoms with Crippen molar-refractivity contribution in [1.82, 2.24) is 4.57 Å². The highest BCUT2D eigenvalue weighted by atomic mass is 16.5. The minimum atomic E-state index is -0.0176. The Kier molecular flexibility index (Phi) is 4.56. The van der Waals surface area contributed by atoms with Crippen molar-refractivity contribution < 1.29 is 4.74 Å². The lowest BCUT2D eigenvalue weighted by atomic mass is 10.0. The minimum absolute atomic E-state index is 0.0176. The van der Waals surface area contributed by atoms with Gasteiger partial charge < -0.3 is 15.0 Å². The van der Waals surface area contributed by atoms with Crippen LogP contribution >= 0.6 is 0 Å². The van der Waals surface area contributed by atoms with E-state index in [4.69, 9.17) is 10.5 Å². The Bertz CT molecular complexity index is 913. The molecule has 0 spiro atoms. The van der Waals surface area contributed by atoms with E-state index in [0.717, 1.165) is 10.9 Å². The number of hydrogen-bond acceptors (Lipinski definition) is 3. The summed E-state index contributed by atoms with van der Waals surface area (Å²) >= 11 is 0. The number of nitrogen functional groups attached to an aromatic ring is 1. The normalized spacial score (nSPS) is 11.1. The maximum Gasteiger partial charge on any atom is 0.251 e. The Morgan fingerprint density at radius 2 is 1.92 bits per heavy atom. The molecule has 1 heterocycles. The van der Waals surface area contributed by atoms with Crippen LogP contribution in [0.3, 0.4) is 0 Å². The maximum absolute atomic E-state index is 12.2. The van der Waals surface area contributed by atoms with Crippen LogP contribution in [0.25, 0.3) is 10.9 Å². The second-order valence-corrected chi connectivity index (χ2v) is 6.22. The number of nitrogens with two attached hydrogens (primary N) is 1. The van der Waals surface area contributed by atoms with Gasteiger partial charge in [0.05, 0.1) is 12.1 Å². The molecule has 124 valence electrons. The van der Waals surface area contributed by atoms with E-state index in [9.17, 15) is 4.79 Å². The number of pyridine rings is 1. The van der Waals surface area contributed by atoms with Gasteiger partial charge in [-0.05, 0) is 47.2 Å². The summed E-state index contributed by atoms with van der Waals surface area (Å²) in [7, 11) is 0. The van der Waals surface area contributed by atoms with Gasteiger partial charge >= 0.3 is 0 Å². The fourth-order valence-corrected chi connectivity index (χ4v) is 2.77. The van der Waals surface area contributed by atoms with Crippen molar-refractivity contribution in [3.05, 3.63) is 70.5 Å². The molecule has 0 fully saturated rings. The first-order chi connectivity index (χ1) is 11.5. The fraction of sp³-hybridized carbons (Fsp3) is 0.250. The Balaban J connectivity index is 1.83. The number of anilines is 1. The van der Waals surface area contributed by atoms with E-state index >= 15 is 0 Å². The number of hydrogen-bond donors (Lipinski definition) is 1. The van der Waals surface area contributed by atoms with E-state index in [2.05, 4.69) is 26.0 Å². The van der Waals surface area contributed by atoms with E-state index < -0.39 is 0 Å². The van der Waals surface area contributed by atoms with Gasteiger partial charge in [-0.25, -0.2) is 0 Å². The third kappa shape index (κ3) is 3.43. The topological polar surface area (TPSA) is 57.2 Å². The molecule has 0 saturated carbocycles. The SMILES string of the molecule is CC(C)c1ccc2c(ccc(=O)n2CCOc2cccc(N)c2)c1. The molecule has 3 rings (SSSR count). The van der Waals surface area contributed by atoms with Gasteiger partial charge in [-0.3, -0.25) is 4.79 Å². The van der Waals surface area contributed by atoms with Gasteiger partial charge in [0.1, 0.15) is 12.4 Å². The zero-order valence-electron chi connectivity index (χ0n) is 14.0. The van der Waals surface area contributed by atoms with Crippen LogP contribution in [0.1, 0.15) is 25.3 Å². The largest absolute Gasteiger partial charge is 0.492 e. The maximum atomic E-state index is 12.2. The van der Waals surface area contributed by atoms with E-state index in [1.807, 2.05) is 30.3 Å². The van der Waals surface area contributed by atoms with E-state index in [-0.39, 0.29) is 5.56 Å². The first-order valence-corrected chi connectivity index (χ1v) is 8.16. The lowest BCUT2D eigenvalue weighted by Gasteiger charge is -2.13. The summed E-state index contributed by atoms with van der Waals surface area (Å²) in [6.07, 6.45) is 0. The summed E-state index contributed by atoms with van der Waals surface area (Å²) in [6.45, 7) is 5.23. The van der Waals surface area contributed by atoms with Crippen molar-refractivity contribution in [2.45, 2.75) is 26.3 Å². The number of fused-ring (bicyclic) bond motifs is 1. The first-order valence-electron chi connectivity index (χ1n) is 8.16. The summed E-state index contributed by atoms with van der Waals surface area (Å²) in [6, 6.07) is 17.1. The van der Waals surface area contributed by atoms with Crippen LogP contribution < -0.4 is 16.0 Å². The van der Waals surface area contributed by atoms with Crippen LogP contribution in [-0.2, 0) is 6.54 Å². The molecule has 0 unspecified atom stereocenters. The van der Waals surface area contributed by atoms with Gasteiger partial charge in [-0.1, -0.05) is 26.0 Å². The predicted molar refractivity (Wildman–Crippen MR) is 98.6 cm³/mol. The lowest BCUT2D eigenvalue weighted by molar-refractivity contribution is 0.299. The monoisotopic (exact) mass is 322 g/mol. The van der Waals surface area contributed by atoms with Crippen LogP contribution in [0.5, 0.6) is 5.75 Å². The van der Waals surface area contributed by atoms with Crippen molar-refractivity contribution in [2.75, 3.05) is 12.3 Å². The molecule has 0 aliphatic heterocycles. The van der Waals surface area contributed by atoms with Crippen molar-refractivity contribution in [2.24, 2.45) is 0 Å². The Labute approximate surface area is 141 Å². The number of aromatic nitrogens is 1. The fourth-order valence-electron chi connectivity index (χ4n) is 2.77. The smallest absolute Gasteiger partial charge is 0.251 e. The third-order valence-electron chi connectivity index (χ3n) is 4.12. The molecule has 0 radical (unpaired) electrons. The average Bonchev–Trinajstić information content (AvgIpc) is 2.56. The lowest BCUT2D eigenvalue weighted by Crippen LogP contribution is -2.22. The molecular weight excluding hydrogens is 300 g/mol. The van der Waals surface area contributed by atoms with Gasteiger partial charge in [0.2, 0.25) is 0 Å². The Morgan fingerprint density at radius 1 is 1.08 bits per heavy atom. The van der Waals surface area contributed by atoms with Crippen molar-refractivity contribution in [3.63, 3.8) is 0 Å². The summed E-state index contributed by atoms with van der Waals surface area (Å²) in [4.78, 5) is 12.2. The molecule has 4 heteroatoms. The highest BCUT2D eigenvalue weighted by Gasteiger charge is 2.06. The molecule has 0 atom stereocenters. The number of ether oxygens (including phenoxy) is 1. The van der Waals surface area contributed by atoms with Crippen LogP contribution in [0.4, 0.5) is 5.69 Å². The van der Waals surface area contributed by atoms with Crippen molar-refractivity contribution in [3.8, 4) is 5.75 Å². The van der Waals surface area contributed by atoms with Crippen LogP contribution in [0.15, 0.2) is 59.4 Å². The predicted octanol–water partition coefficient (Wildman–Crippen LogP) is 3.79. The third-order valence-corrected chi connectivity index (χ3v) is 4.12. The van der Waals surface area contributed by atoms with Crippen molar-refractivity contribution >= 4 is 16.6 Å². The molecule has 0 amide bonds. The Hall–Kier alpha value is -2.75. The first kappa shape index (κ1) is 16.1. The highest BCUT2D eigenvalue weighted by molar-refractivity contribution is 5.79. The standard InChI is InChI=1S/C20H22N2O2/c1-14(2)15-6-8-19-16(12-15)7-9-20(23)22(19)10-11-24-18-5-3-4-17(21)13-18/h3-9,12-14H,10-11,21H2,1-2H3. The van der Waals surface area contributed by atoms with Gasteiger partial charge in [0.25, 0.3) is 5.56 Å². The van der Waals surface area contributed by atoms with E-state index in [1.165, 1.54) is 5.56 Å². The van der Waals surface area contributed by atoms with E-state index in [0.29, 0.717) is 30.5 Å². The molecule has 4 nitrogen and oxygen atoms in total. The molecule has 0 aliphatic carbocycles. The molecule has 24 heavy (non-hydrogen) atoms.